The normalized spacial score (nSPS) is 10.1. The summed E-state index contributed by atoms with van der Waals surface area (Å²) in [5.74, 6) is -0.663. The lowest BCUT2D eigenvalue weighted by Gasteiger charge is -2.16. The zero-order valence-corrected chi connectivity index (χ0v) is 10.7. The van der Waals surface area contributed by atoms with Crippen molar-refractivity contribution in [2.45, 2.75) is 0 Å². The zero-order chi connectivity index (χ0) is 13.8. The SMILES string of the molecule is CNc1ccc(C(=O)N(C)c2cccc(F)c2)nc1. The highest BCUT2D eigenvalue weighted by Gasteiger charge is 2.14. The van der Waals surface area contributed by atoms with E-state index in [0.29, 0.717) is 11.4 Å². The van der Waals surface area contributed by atoms with E-state index in [2.05, 4.69) is 10.3 Å². The molecule has 1 aromatic carbocycles. The minimum absolute atomic E-state index is 0.284. The van der Waals surface area contributed by atoms with E-state index in [1.54, 1.807) is 44.6 Å². The molecule has 0 bridgehead atoms. The summed E-state index contributed by atoms with van der Waals surface area (Å²) in [6.45, 7) is 0. The van der Waals surface area contributed by atoms with Gasteiger partial charge in [-0.05, 0) is 30.3 Å². The third-order valence-electron chi connectivity index (χ3n) is 2.77. The summed E-state index contributed by atoms with van der Waals surface area (Å²) in [4.78, 5) is 17.6. The number of carbonyl (C=O) groups is 1. The van der Waals surface area contributed by atoms with Gasteiger partial charge in [0.2, 0.25) is 0 Å². The molecule has 0 unspecified atom stereocenters. The predicted molar refractivity (Wildman–Crippen MR) is 72.9 cm³/mol. The average Bonchev–Trinajstić information content (AvgIpc) is 2.46. The van der Waals surface area contributed by atoms with Gasteiger partial charge in [0, 0.05) is 19.8 Å². The molecular formula is C14H14FN3O. The van der Waals surface area contributed by atoms with Crippen molar-refractivity contribution in [1.29, 1.82) is 0 Å². The van der Waals surface area contributed by atoms with E-state index in [9.17, 15) is 9.18 Å². The van der Waals surface area contributed by atoms with Crippen LogP contribution in [0, 0.1) is 5.82 Å². The first-order valence-corrected chi connectivity index (χ1v) is 5.79. The van der Waals surface area contributed by atoms with Gasteiger partial charge in [-0.3, -0.25) is 4.79 Å². The average molecular weight is 259 g/mol. The maximum atomic E-state index is 13.1. The van der Waals surface area contributed by atoms with Crippen molar-refractivity contribution in [1.82, 2.24) is 4.98 Å². The second-order valence-corrected chi connectivity index (χ2v) is 4.03. The molecule has 4 nitrogen and oxygen atoms in total. The molecule has 1 N–H and O–H groups in total. The number of hydrogen-bond acceptors (Lipinski definition) is 3. The van der Waals surface area contributed by atoms with E-state index in [-0.39, 0.29) is 11.7 Å². The Balaban J connectivity index is 2.23. The summed E-state index contributed by atoms with van der Waals surface area (Å²) in [6.07, 6.45) is 1.58. The van der Waals surface area contributed by atoms with Crippen LogP contribution in [0.25, 0.3) is 0 Å². The van der Waals surface area contributed by atoms with Crippen molar-refractivity contribution in [3.8, 4) is 0 Å². The Bertz CT molecular complexity index is 583. The van der Waals surface area contributed by atoms with Crippen LogP contribution in [-0.4, -0.2) is 25.0 Å². The number of anilines is 2. The summed E-state index contributed by atoms with van der Waals surface area (Å²) < 4.78 is 13.1. The number of halogens is 1. The van der Waals surface area contributed by atoms with Crippen LogP contribution in [0.4, 0.5) is 15.8 Å². The van der Waals surface area contributed by atoms with Crippen molar-refractivity contribution in [2.75, 3.05) is 24.3 Å². The van der Waals surface area contributed by atoms with Crippen LogP contribution in [0.5, 0.6) is 0 Å². The summed E-state index contributed by atoms with van der Waals surface area (Å²) in [5, 5.41) is 2.92. The van der Waals surface area contributed by atoms with Crippen molar-refractivity contribution >= 4 is 17.3 Å². The number of carbonyl (C=O) groups excluding carboxylic acids is 1. The van der Waals surface area contributed by atoms with Gasteiger partial charge in [0.05, 0.1) is 11.9 Å². The third-order valence-corrected chi connectivity index (χ3v) is 2.77. The molecule has 5 heteroatoms. The fourth-order valence-corrected chi connectivity index (χ4v) is 1.64. The van der Waals surface area contributed by atoms with Crippen molar-refractivity contribution < 1.29 is 9.18 Å². The number of rotatable bonds is 3. The minimum Gasteiger partial charge on any atom is -0.387 e. The molecule has 1 amide bonds. The molecule has 1 aromatic heterocycles. The van der Waals surface area contributed by atoms with E-state index < -0.39 is 0 Å². The van der Waals surface area contributed by atoms with Crippen LogP contribution in [0.2, 0.25) is 0 Å². The first kappa shape index (κ1) is 13.0. The van der Waals surface area contributed by atoms with Crippen LogP contribution in [-0.2, 0) is 0 Å². The lowest BCUT2D eigenvalue weighted by molar-refractivity contribution is 0.0988. The van der Waals surface area contributed by atoms with Crippen molar-refractivity contribution in [2.24, 2.45) is 0 Å². The monoisotopic (exact) mass is 259 g/mol. The van der Waals surface area contributed by atoms with Crippen LogP contribution in [0.15, 0.2) is 42.6 Å². The summed E-state index contributed by atoms with van der Waals surface area (Å²) in [5.41, 5.74) is 1.63. The first-order valence-electron chi connectivity index (χ1n) is 5.79. The molecule has 0 saturated heterocycles. The molecule has 19 heavy (non-hydrogen) atoms. The smallest absolute Gasteiger partial charge is 0.276 e. The van der Waals surface area contributed by atoms with Crippen LogP contribution >= 0.6 is 0 Å². The lowest BCUT2D eigenvalue weighted by Crippen LogP contribution is -2.27. The van der Waals surface area contributed by atoms with E-state index >= 15 is 0 Å². The van der Waals surface area contributed by atoms with Gasteiger partial charge < -0.3 is 10.2 Å². The molecule has 0 spiro atoms. The highest BCUT2D eigenvalue weighted by molar-refractivity contribution is 6.04. The second kappa shape index (κ2) is 5.48. The van der Waals surface area contributed by atoms with Crippen LogP contribution in [0.3, 0.4) is 0 Å². The van der Waals surface area contributed by atoms with E-state index in [4.69, 9.17) is 0 Å². The van der Waals surface area contributed by atoms with Gasteiger partial charge in [0.1, 0.15) is 11.5 Å². The van der Waals surface area contributed by atoms with Crippen LogP contribution < -0.4 is 10.2 Å². The molecule has 2 rings (SSSR count). The molecule has 0 fully saturated rings. The zero-order valence-electron chi connectivity index (χ0n) is 10.7. The Morgan fingerprint density at radius 2 is 2.11 bits per heavy atom. The standard InChI is InChI=1S/C14H14FN3O/c1-16-11-6-7-13(17-9-11)14(19)18(2)12-5-3-4-10(15)8-12/h3-9,16H,1-2H3. The van der Waals surface area contributed by atoms with Gasteiger partial charge in [-0.25, -0.2) is 9.37 Å². The minimum atomic E-state index is -0.379. The molecule has 0 aliphatic carbocycles. The maximum Gasteiger partial charge on any atom is 0.276 e. The molecule has 98 valence electrons. The Morgan fingerprint density at radius 1 is 1.32 bits per heavy atom. The van der Waals surface area contributed by atoms with Gasteiger partial charge >= 0.3 is 0 Å². The van der Waals surface area contributed by atoms with Gasteiger partial charge in [-0.2, -0.15) is 0 Å². The maximum absolute atomic E-state index is 13.1. The number of pyridine rings is 1. The Kier molecular flexibility index (Phi) is 3.75. The topological polar surface area (TPSA) is 45.2 Å². The Hall–Kier alpha value is -2.43. The van der Waals surface area contributed by atoms with Crippen molar-refractivity contribution in [3.05, 3.63) is 54.1 Å². The number of aromatic nitrogens is 1. The molecule has 0 aliphatic rings. The Morgan fingerprint density at radius 3 is 2.68 bits per heavy atom. The number of nitrogens with one attached hydrogen (secondary N) is 1. The van der Waals surface area contributed by atoms with Gasteiger partial charge in [0.15, 0.2) is 0 Å². The molecule has 0 atom stereocenters. The summed E-state index contributed by atoms with van der Waals surface area (Å²) in [6, 6.07) is 9.26. The van der Waals surface area contributed by atoms with Gasteiger partial charge in [0.25, 0.3) is 5.91 Å². The first-order chi connectivity index (χ1) is 9.11. The molecular weight excluding hydrogens is 245 g/mol. The molecule has 0 aliphatic heterocycles. The molecule has 0 saturated carbocycles. The highest BCUT2D eigenvalue weighted by atomic mass is 19.1. The van der Waals surface area contributed by atoms with E-state index in [0.717, 1.165) is 5.69 Å². The van der Waals surface area contributed by atoms with E-state index in [1.807, 2.05) is 0 Å². The fraction of sp³-hybridized carbons (Fsp3) is 0.143. The van der Waals surface area contributed by atoms with Gasteiger partial charge in [-0.1, -0.05) is 6.07 Å². The van der Waals surface area contributed by atoms with Gasteiger partial charge in [-0.15, -0.1) is 0 Å². The predicted octanol–water partition coefficient (Wildman–Crippen LogP) is 2.54. The summed E-state index contributed by atoms with van der Waals surface area (Å²) in [7, 11) is 3.36. The quantitative estimate of drug-likeness (QED) is 0.921. The fourth-order valence-electron chi connectivity index (χ4n) is 1.64. The largest absolute Gasteiger partial charge is 0.387 e. The number of nitrogens with zero attached hydrogens (tertiary/aromatic N) is 2. The summed E-state index contributed by atoms with van der Waals surface area (Å²) >= 11 is 0. The van der Waals surface area contributed by atoms with Crippen LogP contribution in [0.1, 0.15) is 10.5 Å². The third kappa shape index (κ3) is 2.88. The number of hydrogen-bond donors (Lipinski definition) is 1. The highest BCUT2D eigenvalue weighted by Crippen LogP contribution is 2.16. The number of amides is 1. The van der Waals surface area contributed by atoms with E-state index in [1.165, 1.54) is 17.0 Å². The molecule has 1 heterocycles. The Labute approximate surface area is 110 Å². The number of benzene rings is 1. The molecule has 2 aromatic rings. The lowest BCUT2D eigenvalue weighted by atomic mass is 10.2. The molecule has 0 radical (unpaired) electrons. The second-order valence-electron chi connectivity index (χ2n) is 4.03. The van der Waals surface area contributed by atoms with Crippen molar-refractivity contribution in [3.63, 3.8) is 0 Å².